The van der Waals surface area contributed by atoms with E-state index in [1.165, 1.54) is 18.6 Å². The van der Waals surface area contributed by atoms with Crippen LogP contribution in [0, 0.1) is 11.3 Å². The van der Waals surface area contributed by atoms with Crippen molar-refractivity contribution in [3.8, 4) is 11.8 Å². The second kappa shape index (κ2) is 9.27. The van der Waals surface area contributed by atoms with E-state index in [4.69, 9.17) is 9.88 Å². The molecule has 1 unspecified atom stereocenters. The first-order valence-electron chi connectivity index (χ1n) is 9.62. The molecule has 0 saturated carbocycles. The number of nitrogens with one attached hydrogen (secondary N) is 1. The van der Waals surface area contributed by atoms with E-state index in [-0.39, 0.29) is 16.5 Å². The van der Waals surface area contributed by atoms with Crippen LogP contribution >= 0.6 is 0 Å². The third-order valence-corrected chi connectivity index (χ3v) is 6.17. The summed E-state index contributed by atoms with van der Waals surface area (Å²) < 4.78 is 28.7. The second-order valence-electron chi connectivity index (χ2n) is 7.10. The number of likely N-dealkylation sites (tertiary alicyclic amines) is 1. The van der Waals surface area contributed by atoms with Crippen molar-refractivity contribution in [1.82, 2.24) is 4.90 Å². The fourth-order valence-corrected chi connectivity index (χ4v) is 4.30. The zero-order valence-electron chi connectivity index (χ0n) is 16.5. The third kappa shape index (κ3) is 5.07. The van der Waals surface area contributed by atoms with Crippen LogP contribution in [0.3, 0.4) is 0 Å². The van der Waals surface area contributed by atoms with Gasteiger partial charge in [-0.3, -0.25) is 4.90 Å². The van der Waals surface area contributed by atoms with E-state index in [0.717, 1.165) is 37.2 Å². The van der Waals surface area contributed by atoms with E-state index in [9.17, 15) is 13.7 Å². The molecular formula is C21H26N4O3S. The molecule has 8 heteroatoms. The number of nitriles is 1. The number of hydrogen-bond acceptors (Lipinski definition) is 6. The number of hydrogen-bond donors (Lipinski definition) is 2. The Bertz CT molecular complexity index is 995. The number of rotatable bonds is 7. The molecule has 0 spiro atoms. The number of piperidine rings is 1. The number of nitrogens with two attached hydrogens (primary N) is 1. The summed E-state index contributed by atoms with van der Waals surface area (Å²) in [6.45, 7) is 2.56. The molecule has 1 fully saturated rings. The molecule has 29 heavy (non-hydrogen) atoms. The highest BCUT2D eigenvalue weighted by molar-refractivity contribution is 7.89. The molecule has 3 rings (SSSR count). The number of anilines is 1. The quantitative estimate of drug-likeness (QED) is 0.721. The van der Waals surface area contributed by atoms with Crippen LogP contribution in [0.15, 0.2) is 47.4 Å². The summed E-state index contributed by atoms with van der Waals surface area (Å²) in [7, 11) is -2.19. The third-order valence-electron chi connectivity index (χ3n) is 5.26. The van der Waals surface area contributed by atoms with Gasteiger partial charge in [-0.15, -0.1) is 0 Å². The van der Waals surface area contributed by atoms with Gasteiger partial charge in [0.05, 0.1) is 29.3 Å². The summed E-state index contributed by atoms with van der Waals surface area (Å²) in [4.78, 5) is 2.36. The molecule has 3 N–H and O–H groups in total. The molecule has 0 bridgehead atoms. The highest BCUT2D eigenvalue weighted by Gasteiger charge is 2.25. The Labute approximate surface area is 172 Å². The summed E-state index contributed by atoms with van der Waals surface area (Å²) in [5.74, 6) is 0.829. The fraction of sp³-hybridized carbons (Fsp3) is 0.381. The Morgan fingerprint density at radius 1 is 1.21 bits per heavy atom. The smallest absolute Gasteiger partial charge is 0.238 e. The monoisotopic (exact) mass is 414 g/mol. The summed E-state index contributed by atoms with van der Waals surface area (Å²) in [5.41, 5.74) is 1.91. The lowest BCUT2D eigenvalue weighted by atomic mass is 10.00. The molecule has 2 aromatic rings. The fourth-order valence-electron chi connectivity index (χ4n) is 3.76. The Morgan fingerprint density at radius 3 is 2.59 bits per heavy atom. The molecule has 0 aromatic heterocycles. The Hall–Kier alpha value is -2.60. The van der Waals surface area contributed by atoms with Crippen molar-refractivity contribution in [3.05, 3.63) is 53.6 Å². The van der Waals surface area contributed by atoms with Gasteiger partial charge in [0.2, 0.25) is 10.0 Å². The Kier molecular flexibility index (Phi) is 6.75. The molecule has 1 aliphatic rings. The number of para-hydroxylation sites is 1. The van der Waals surface area contributed by atoms with Crippen LogP contribution in [-0.2, 0) is 10.0 Å². The molecule has 0 radical (unpaired) electrons. The number of primary sulfonamides is 1. The lowest BCUT2D eigenvalue weighted by Gasteiger charge is -2.35. The second-order valence-corrected chi connectivity index (χ2v) is 8.66. The molecule has 7 nitrogen and oxygen atoms in total. The predicted molar refractivity (Wildman–Crippen MR) is 112 cm³/mol. The van der Waals surface area contributed by atoms with Gasteiger partial charge in [0, 0.05) is 12.1 Å². The van der Waals surface area contributed by atoms with Gasteiger partial charge in [-0.05, 0) is 50.2 Å². The maximum atomic E-state index is 11.6. The standard InChI is InChI=1S/C21H26N4O3S/c1-28-21-8-4-3-7-18(21)20(25-11-5-2-6-12-25)15-24-19-10-9-17(29(23,26)27)13-16(19)14-22/h3-4,7-10,13,20,24H,2,5-6,11-12,15H2,1H3,(H2,23,26,27). The molecule has 0 aliphatic carbocycles. The van der Waals surface area contributed by atoms with Gasteiger partial charge in [0.25, 0.3) is 0 Å². The maximum Gasteiger partial charge on any atom is 0.238 e. The van der Waals surface area contributed by atoms with Crippen LogP contribution in [0.25, 0.3) is 0 Å². The van der Waals surface area contributed by atoms with E-state index >= 15 is 0 Å². The SMILES string of the molecule is COc1ccccc1C(CNc1ccc(S(N)(=O)=O)cc1C#N)N1CCCCC1. The van der Waals surface area contributed by atoms with E-state index in [2.05, 4.69) is 22.4 Å². The minimum Gasteiger partial charge on any atom is -0.496 e. The minimum atomic E-state index is -3.86. The molecule has 1 saturated heterocycles. The Morgan fingerprint density at radius 2 is 1.93 bits per heavy atom. The first-order chi connectivity index (χ1) is 13.9. The lowest BCUT2D eigenvalue weighted by Crippen LogP contribution is -2.37. The molecule has 1 heterocycles. The normalized spacial score (nSPS) is 16.0. The van der Waals surface area contributed by atoms with Crippen molar-refractivity contribution >= 4 is 15.7 Å². The molecule has 1 aliphatic heterocycles. The predicted octanol–water partition coefficient (Wildman–Crippen LogP) is 2.85. The number of methoxy groups -OCH3 is 1. The van der Waals surface area contributed by atoms with E-state index in [1.54, 1.807) is 13.2 Å². The highest BCUT2D eigenvalue weighted by atomic mass is 32.2. The number of ether oxygens (including phenoxy) is 1. The van der Waals surface area contributed by atoms with Crippen LogP contribution in [0.1, 0.15) is 36.4 Å². The van der Waals surface area contributed by atoms with Crippen molar-refractivity contribution < 1.29 is 13.2 Å². The number of sulfonamides is 1. The minimum absolute atomic E-state index is 0.0657. The first-order valence-corrected chi connectivity index (χ1v) is 11.2. The van der Waals surface area contributed by atoms with Gasteiger partial charge in [-0.2, -0.15) is 5.26 Å². The van der Waals surface area contributed by atoms with Crippen molar-refractivity contribution in [1.29, 1.82) is 5.26 Å². The highest BCUT2D eigenvalue weighted by Crippen LogP contribution is 2.32. The van der Waals surface area contributed by atoms with Crippen LogP contribution in [0.5, 0.6) is 5.75 Å². The first kappa shape index (κ1) is 21.1. The number of nitrogens with zero attached hydrogens (tertiary/aromatic N) is 2. The molecule has 154 valence electrons. The zero-order valence-corrected chi connectivity index (χ0v) is 17.3. The zero-order chi connectivity index (χ0) is 20.9. The molecule has 0 amide bonds. The van der Waals surface area contributed by atoms with Crippen molar-refractivity contribution in [2.45, 2.75) is 30.2 Å². The van der Waals surface area contributed by atoms with Crippen LogP contribution < -0.4 is 15.2 Å². The van der Waals surface area contributed by atoms with Crippen molar-refractivity contribution in [3.63, 3.8) is 0 Å². The van der Waals surface area contributed by atoms with E-state index < -0.39 is 10.0 Å². The van der Waals surface area contributed by atoms with E-state index in [0.29, 0.717) is 12.2 Å². The topological polar surface area (TPSA) is 108 Å². The van der Waals surface area contributed by atoms with E-state index in [1.807, 2.05) is 18.2 Å². The number of benzene rings is 2. The van der Waals surface area contributed by atoms with Crippen LogP contribution in [0.2, 0.25) is 0 Å². The van der Waals surface area contributed by atoms with Gasteiger partial charge in [-0.25, -0.2) is 13.6 Å². The van der Waals surface area contributed by atoms with Gasteiger partial charge in [-0.1, -0.05) is 24.6 Å². The summed E-state index contributed by atoms with van der Waals surface area (Å²) >= 11 is 0. The lowest BCUT2D eigenvalue weighted by molar-refractivity contribution is 0.168. The van der Waals surface area contributed by atoms with Gasteiger partial charge < -0.3 is 10.1 Å². The molecule has 2 aromatic carbocycles. The molecule has 1 atom stereocenters. The van der Waals surface area contributed by atoms with Gasteiger partial charge in [0.15, 0.2) is 0 Å². The van der Waals surface area contributed by atoms with Gasteiger partial charge >= 0.3 is 0 Å². The average Bonchev–Trinajstić information content (AvgIpc) is 2.74. The van der Waals surface area contributed by atoms with Crippen molar-refractivity contribution in [2.75, 3.05) is 32.1 Å². The summed E-state index contributed by atoms with van der Waals surface area (Å²) in [6.07, 6.45) is 3.53. The van der Waals surface area contributed by atoms with Crippen LogP contribution in [0.4, 0.5) is 5.69 Å². The van der Waals surface area contributed by atoms with Crippen LogP contribution in [-0.4, -0.2) is 40.1 Å². The Balaban J connectivity index is 1.88. The van der Waals surface area contributed by atoms with Crippen molar-refractivity contribution in [2.24, 2.45) is 5.14 Å². The summed E-state index contributed by atoms with van der Waals surface area (Å²) in [6, 6.07) is 14.4. The maximum absolute atomic E-state index is 11.6. The largest absolute Gasteiger partial charge is 0.496 e. The summed E-state index contributed by atoms with van der Waals surface area (Å²) in [5, 5.41) is 18.0. The average molecular weight is 415 g/mol. The molecular weight excluding hydrogens is 388 g/mol. The van der Waals surface area contributed by atoms with Gasteiger partial charge in [0.1, 0.15) is 11.8 Å².